The Labute approximate surface area is 424 Å². The second kappa shape index (κ2) is 18.6. The van der Waals surface area contributed by atoms with Gasteiger partial charge in [-0.15, -0.1) is 53.6 Å². The number of pyridine rings is 2. The van der Waals surface area contributed by atoms with E-state index in [1.165, 1.54) is 36.7 Å². The first-order valence-corrected chi connectivity index (χ1v) is 21.9. The first-order valence-electron chi connectivity index (χ1n) is 29.4. The molecule has 66 heavy (non-hydrogen) atoms. The van der Waals surface area contributed by atoms with Crippen molar-refractivity contribution in [3.8, 4) is 44.8 Å². The van der Waals surface area contributed by atoms with Crippen LogP contribution in [-0.2, 0) is 26.5 Å². The van der Waals surface area contributed by atoms with E-state index < -0.39 is 45.1 Å². The summed E-state index contributed by atoms with van der Waals surface area (Å²) in [5.41, 5.74) is 4.32. The number of nitrogens with zero attached hydrogens (tertiary/aromatic N) is 2. The Morgan fingerprint density at radius 1 is 0.667 bits per heavy atom. The third-order valence-electron chi connectivity index (χ3n) is 12.1. The van der Waals surface area contributed by atoms with Crippen molar-refractivity contribution in [1.82, 2.24) is 9.97 Å². The predicted molar refractivity (Wildman–Crippen MR) is 273 cm³/mol. The van der Waals surface area contributed by atoms with Gasteiger partial charge in [0.05, 0.1) is 5.58 Å². The molecule has 11 rings (SSSR count). The molecule has 1 aliphatic carbocycles. The summed E-state index contributed by atoms with van der Waals surface area (Å²) >= 11 is 0. The van der Waals surface area contributed by atoms with Gasteiger partial charge in [-0.25, -0.2) is 0 Å². The van der Waals surface area contributed by atoms with E-state index in [1.54, 1.807) is 42.5 Å². The molecule has 1 fully saturated rings. The molecule has 4 heteroatoms. The van der Waals surface area contributed by atoms with Crippen LogP contribution < -0.4 is 0 Å². The van der Waals surface area contributed by atoms with E-state index in [0.717, 1.165) is 63.6 Å². The summed E-state index contributed by atoms with van der Waals surface area (Å²) in [5.74, 6) is -0.711. The summed E-state index contributed by atoms with van der Waals surface area (Å²) in [7, 11) is 0. The van der Waals surface area contributed by atoms with Crippen LogP contribution in [0.1, 0.15) is 106 Å². The maximum Gasteiger partial charge on any atom is 0.121 e. The number of hydrogen-bond donors (Lipinski definition) is 0. The number of aryl methyl sites for hydroxylation is 4. The Morgan fingerprint density at radius 3 is 2.17 bits per heavy atom. The molecule has 0 saturated heterocycles. The summed E-state index contributed by atoms with van der Waals surface area (Å²) < 4.78 is 131. The van der Waals surface area contributed by atoms with E-state index in [-0.39, 0.29) is 64.7 Å². The minimum Gasteiger partial charge on any atom is -0.501 e. The van der Waals surface area contributed by atoms with E-state index in [9.17, 15) is 0 Å². The zero-order valence-electron chi connectivity index (χ0n) is 51.8. The fourth-order valence-corrected chi connectivity index (χ4v) is 8.93. The zero-order chi connectivity index (χ0) is 57.5. The van der Waals surface area contributed by atoms with Crippen LogP contribution >= 0.6 is 0 Å². The van der Waals surface area contributed by atoms with Crippen molar-refractivity contribution in [2.45, 2.75) is 86.1 Å². The predicted octanol–water partition coefficient (Wildman–Crippen LogP) is 17.1. The van der Waals surface area contributed by atoms with Gasteiger partial charge in [-0.2, -0.15) is 0 Å². The molecule has 331 valence electrons. The number of fused-ring (bicyclic) bond motifs is 6. The number of hydrogen-bond acceptors (Lipinski definition) is 3. The molecule has 3 nitrogen and oxygen atoms in total. The average molecular weight is 1050 g/mol. The topological polar surface area (TPSA) is 38.9 Å². The van der Waals surface area contributed by atoms with Crippen molar-refractivity contribution in [3.63, 3.8) is 0 Å². The van der Waals surface area contributed by atoms with Gasteiger partial charge in [0, 0.05) is 58.4 Å². The van der Waals surface area contributed by atoms with Crippen LogP contribution in [0, 0.1) is 45.0 Å². The normalized spacial score (nSPS) is 17.8. The maximum atomic E-state index is 8.93. The van der Waals surface area contributed by atoms with Crippen LogP contribution in [0.3, 0.4) is 0 Å². The molecule has 10 aromatic rings. The van der Waals surface area contributed by atoms with Crippen LogP contribution in [0.5, 0.6) is 0 Å². The van der Waals surface area contributed by atoms with Gasteiger partial charge in [0.15, 0.2) is 0 Å². The van der Waals surface area contributed by atoms with Crippen molar-refractivity contribution in [2.24, 2.45) is 5.41 Å². The quantitative estimate of drug-likeness (QED) is 0.123. The second-order valence-electron chi connectivity index (χ2n) is 17.8. The van der Waals surface area contributed by atoms with Gasteiger partial charge in [-0.05, 0) is 146 Å². The Balaban J connectivity index is 0.000000278. The van der Waals surface area contributed by atoms with Crippen LogP contribution in [0.15, 0.2) is 150 Å². The van der Waals surface area contributed by atoms with E-state index >= 15 is 0 Å². The molecule has 1 aliphatic rings. The molecule has 0 unspecified atom stereocenters. The summed E-state index contributed by atoms with van der Waals surface area (Å²) in [6.45, 7) is -4.79. The molecule has 1 saturated carbocycles. The molecule has 0 atom stereocenters. The maximum absolute atomic E-state index is 8.93. The molecular weight excluding hydrogens is 981 g/mol. The zero-order valence-corrected chi connectivity index (χ0v) is 39.2. The van der Waals surface area contributed by atoms with Crippen molar-refractivity contribution >= 4 is 43.5 Å². The van der Waals surface area contributed by atoms with Gasteiger partial charge in [-0.1, -0.05) is 142 Å². The molecule has 0 aliphatic heterocycles. The fourth-order valence-electron chi connectivity index (χ4n) is 8.93. The van der Waals surface area contributed by atoms with E-state index in [1.807, 2.05) is 57.2 Å². The van der Waals surface area contributed by atoms with E-state index in [2.05, 4.69) is 52.4 Å². The largest absolute Gasteiger partial charge is 0.501 e. The van der Waals surface area contributed by atoms with Gasteiger partial charge >= 0.3 is 0 Å². The molecule has 0 spiro atoms. The van der Waals surface area contributed by atoms with E-state index in [0.29, 0.717) is 39.1 Å². The standard InChI is InChI=1S/C45H36NO.C17H20N.Ir/c1-27-22-39(28(2)21-38(27)33-17-15-31(16-18-33)30-9-4-5-10-30)40-24-43(46-26-29(40)3)37-14-8-13-36-42-23-34-20-19-32-11-6-7-12-35(32)41(34)25-44(42)47-45(36)37;1-13-5-8-15(9-6-13)16-10-7-14(12-18-16)11-17(2,3)4;/h6-8,11-13,15-26,30H,4-5,9-10H2,1-3H3;5-8,10,12H,11H2,1-4H3;/q2*-1;/i1D3,2D3,3D3,30D;1D3,11D2;. The molecule has 7 aromatic carbocycles. The smallest absolute Gasteiger partial charge is 0.121 e. The number of benzene rings is 7. The van der Waals surface area contributed by atoms with Crippen molar-refractivity contribution in [3.05, 3.63) is 191 Å². The second-order valence-corrected chi connectivity index (χ2v) is 17.8. The van der Waals surface area contributed by atoms with Crippen LogP contribution in [0.25, 0.3) is 88.3 Å². The molecule has 0 amide bonds. The number of aromatic nitrogens is 2. The van der Waals surface area contributed by atoms with Gasteiger partial charge in [-0.3, -0.25) is 0 Å². The Morgan fingerprint density at radius 2 is 1.42 bits per heavy atom. The summed E-state index contributed by atoms with van der Waals surface area (Å²) in [4.78, 5) is 8.88. The van der Waals surface area contributed by atoms with Crippen molar-refractivity contribution < 1.29 is 45.1 Å². The summed E-state index contributed by atoms with van der Waals surface area (Å²) in [5, 5.41) is 5.93. The number of rotatable bonds is 6. The van der Waals surface area contributed by atoms with Gasteiger partial charge in [0.1, 0.15) is 5.58 Å². The fraction of sp³-hybridized carbons (Fsp3) is 0.226. The minimum atomic E-state index is -2.77. The Hall–Kier alpha value is -6.19. The molecule has 0 bridgehead atoms. The first kappa shape index (κ1) is 30.2. The monoisotopic (exact) mass is 1050 g/mol. The van der Waals surface area contributed by atoms with Crippen molar-refractivity contribution in [1.29, 1.82) is 0 Å². The van der Waals surface area contributed by atoms with Crippen LogP contribution in [0.2, 0.25) is 0 Å². The molecule has 3 aromatic heterocycles. The molecule has 0 N–H and O–H groups in total. The van der Waals surface area contributed by atoms with Gasteiger partial charge in [0.25, 0.3) is 0 Å². The Kier molecular flexibility index (Phi) is 8.50. The first-order chi connectivity index (χ1) is 37.4. The summed E-state index contributed by atoms with van der Waals surface area (Å²) in [6.07, 6.45) is 4.65. The summed E-state index contributed by atoms with van der Waals surface area (Å²) in [6, 6.07) is 45.6. The molecule has 1 radical (unpaired) electrons. The van der Waals surface area contributed by atoms with Crippen LogP contribution in [0.4, 0.5) is 0 Å². The van der Waals surface area contributed by atoms with Gasteiger partial charge < -0.3 is 14.4 Å². The van der Waals surface area contributed by atoms with Crippen molar-refractivity contribution in [2.75, 3.05) is 0 Å². The third-order valence-corrected chi connectivity index (χ3v) is 12.1. The molecular formula is C62H56IrN2O-2. The van der Waals surface area contributed by atoms with E-state index in [4.69, 9.17) is 25.0 Å². The Bertz CT molecular complexity index is 3960. The number of furan rings is 1. The average Bonchev–Trinajstić information content (AvgIpc) is 4.29. The third kappa shape index (κ3) is 9.15. The molecule has 3 heterocycles. The van der Waals surface area contributed by atoms with Gasteiger partial charge in [0.2, 0.25) is 0 Å². The SMILES string of the molecule is [2H]C([2H])([2H])c1c[c-]c(-c2ccc(C([2H])([2H])C(C)(C)C)cn2)cc1.[2H]C([2H])([2H])c1cc(-c2cc(-c3[c-]ccc4c3oc3cc5c(ccc6ccccc65)cc34)ncc2C([2H])([2H])[2H])c(C([2H])([2H])[2H])cc1-c1ccc(C2([2H])CCCC2)cc1.[Ir]. The minimum absolute atomic E-state index is 0. The van der Waals surface area contributed by atoms with Crippen LogP contribution in [-0.4, -0.2) is 9.97 Å².